The normalized spacial score (nSPS) is 9.92. The maximum absolute atomic E-state index is 12.6. The summed E-state index contributed by atoms with van der Waals surface area (Å²) in [7, 11) is 0. The zero-order valence-corrected chi connectivity index (χ0v) is 7.02. The Bertz CT molecular complexity index is 336. The van der Waals surface area contributed by atoms with Gasteiger partial charge in [0.1, 0.15) is 5.82 Å². The van der Waals surface area contributed by atoms with Crippen LogP contribution in [0.15, 0.2) is 12.1 Å². The minimum absolute atomic E-state index is 0.0972. The fraction of sp³-hybridized carbons (Fsp3) is 0.125. The van der Waals surface area contributed by atoms with Crippen LogP contribution in [0.2, 0.25) is 5.02 Å². The highest BCUT2D eigenvalue weighted by Gasteiger charge is 2.11. The van der Waals surface area contributed by atoms with E-state index in [1.54, 1.807) is 0 Å². The van der Waals surface area contributed by atoms with Gasteiger partial charge in [-0.2, -0.15) is 0 Å². The summed E-state index contributed by atoms with van der Waals surface area (Å²) >= 11 is 5.56. The highest BCUT2D eigenvalue weighted by molar-refractivity contribution is 6.31. The fourth-order valence-electron chi connectivity index (χ4n) is 0.868. The average molecular weight is 189 g/mol. The third-order valence-electron chi connectivity index (χ3n) is 1.54. The van der Waals surface area contributed by atoms with Gasteiger partial charge in [0.05, 0.1) is 5.56 Å². The standard InChI is InChI=1S/C8H6ClFO2/c1-4-6(8(11)12)2-5(10)3-7(4)9/h2-3H,1H3,(H,11,12). The Morgan fingerprint density at radius 2 is 2.17 bits per heavy atom. The van der Waals surface area contributed by atoms with Crippen LogP contribution in [-0.4, -0.2) is 11.1 Å². The van der Waals surface area contributed by atoms with Crippen LogP contribution in [0.4, 0.5) is 4.39 Å². The van der Waals surface area contributed by atoms with Crippen LogP contribution < -0.4 is 0 Å². The minimum Gasteiger partial charge on any atom is -0.478 e. The lowest BCUT2D eigenvalue weighted by molar-refractivity contribution is 0.0695. The molecule has 0 spiro atoms. The lowest BCUT2D eigenvalue weighted by Crippen LogP contribution is -2.00. The summed E-state index contributed by atoms with van der Waals surface area (Å²) < 4.78 is 12.6. The molecule has 1 aromatic rings. The van der Waals surface area contributed by atoms with Crippen molar-refractivity contribution in [1.82, 2.24) is 0 Å². The molecular weight excluding hydrogens is 183 g/mol. The summed E-state index contributed by atoms with van der Waals surface area (Å²) in [6, 6.07) is 2.03. The molecular formula is C8H6ClFO2. The Balaban J connectivity index is 3.37. The lowest BCUT2D eigenvalue weighted by atomic mass is 10.1. The number of carboxylic acid groups (broad SMARTS) is 1. The highest BCUT2D eigenvalue weighted by atomic mass is 35.5. The summed E-state index contributed by atoms with van der Waals surface area (Å²) in [5.41, 5.74) is 0.283. The van der Waals surface area contributed by atoms with Crippen molar-refractivity contribution in [3.63, 3.8) is 0 Å². The molecule has 4 heteroatoms. The number of carboxylic acids is 1. The molecule has 0 heterocycles. The number of halogens is 2. The van der Waals surface area contributed by atoms with Gasteiger partial charge in [0.25, 0.3) is 0 Å². The smallest absolute Gasteiger partial charge is 0.336 e. The van der Waals surface area contributed by atoms with E-state index in [9.17, 15) is 9.18 Å². The Morgan fingerprint density at radius 1 is 1.58 bits per heavy atom. The van der Waals surface area contributed by atoms with Crippen molar-refractivity contribution in [2.24, 2.45) is 0 Å². The zero-order chi connectivity index (χ0) is 9.30. The lowest BCUT2D eigenvalue weighted by Gasteiger charge is -2.02. The second kappa shape index (κ2) is 3.11. The molecule has 0 saturated heterocycles. The molecule has 12 heavy (non-hydrogen) atoms. The molecule has 0 radical (unpaired) electrons. The summed E-state index contributed by atoms with van der Waals surface area (Å²) in [6.07, 6.45) is 0. The van der Waals surface area contributed by atoms with Crippen LogP contribution in [0.5, 0.6) is 0 Å². The first kappa shape index (κ1) is 9.00. The van der Waals surface area contributed by atoms with Gasteiger partial charge in [-0.25, -0.2) is 9.18 Å². The van der Waals surface area contributed by atoms with Gasteiger partial charge in [-0.05, 0) is 24.6 Å². The predicted molar refractivity (Wildman–Crippen MR) is 43.1 cm³/mol. The number of hydrogen-bond donors (Lipinski definition) is 1. The van der Waals surface area contributed by atoms with Crippen molar-refractivity contribution < 1.29 is 14.3 Å². The number of benzene rings is 1. The van der Waals surface area contributed by atoms with Crippen LogP contribution in [0, 0.1) is 12.7 Å². The van der Waals surface area contributed by atoms with E-state index in [0.717, 1.165) is 12.1 Å². The van der Waals surface area contributed by atoms with Gasteiger partial charge in [-0.3, -0.25) is 0 Å². The second-order valence-electron chi connectivity index (χ2n) is 2.37. The van der Waals surface area contributed by atoms with Crippen LogP contribution in [-0.2, 0) is 0 Å². The number of aromatic carboxylic acids is 1. The number of carbonyl (C=O) groups is 1. The van der Waals surface area contributed by atoms with Gasteiger partial charge < -0.3 is 5.11 Å². The van der Waals surface area contributed by atoms with Crippen LogP contribution in [0.25, 0.3) is 0 Å². The first-order chi connectivity index (χ1) is 5.52. The van der Waals surface area contributed by atoms with E-state index in [-0.39, 0.29) is 10.6 Å². The summed E-state index contributed by atoms with van der Waals surface area (Å²) in [5, 5.41) is 8.72. The Kier molecular flexibility index (Phi) is 2.33. The first-order valence-electron chi connectivity index (χ1n) is 3.21. The molecule has 1 rings (SSSR count). The van der Waals surface area contributed by atoms with Gasteiger partial charge >= 0.3 is 5.97 Å². The molecule has 0 aromatic heterocycles. The van der Waals surface area contributed by atoms with Gasteiger partial charge in [0.2, 0.25) is 0 Å². The van der Waals surface area contributed by atoms with E-state index >= 15 is 0 Å². The van der Waals surface area contributed by atoms with E-state index in [2.05, 4.69) is 0 Å². The summed E-state index contributed by atoms with van der Waals surface area (Å²) in [5.74, 6) is -1.81. The van der Waals surface area contributed by atoms with Gasteiger partial charge in [-0.15, -0.1) is 0 Å². The molecule has 1 N–H and O–H groups in total. The molecule has 0 saturated carbocycles. The van der Waals surface area contributed by atoms with Gasteiger partial charge in [-0.1, -0.05) is 11.6 Å². The molecule has 0 amide bonds. The third kappa shape index (κ3) is 1.56. The zero-order valence-electron chi connectivity index (χ0n) is 6.27. The topological polar surface area (TPSA) is 37.3 Å². The van der Waals surface area contributed by atoms with E-state index in [1.807, 2.05) is 0 Å². The summed E-state index contributed by atoms with van der Waals surface area (Å²) in [6.45, 7) is 1.53. The SMILES string of the molecule is Cc1c(Cl)cc(F)cc1C(=O)O. The molecule has 0 aliphatic carbocycles. The molecule has 0 aliphatic rings. The highest BCUT2D eigenvalue weighted by Crippen LogP contribution is 2.20. The van der Waals surface area contributed by atoms with Gasteiger partial charge in [0, 0.05) is 5.02 Å². The predicted octanol–water partition coefficient (Wildman–Crippen LogP) is 2.49. The molecule has 0 aliphatic heterocycles. The minimum atomic E-state index is -1.17. The van der Waals surface area contributed by atoms with Gasteiger partial charge in [0.15, 0.2) is 0 Å². The quantitative estimate of drug-likeness (QED) is 0.735. The van der Waals surface area contributed by atoms with Crippen molar-refractivity contribution >= 4 is 17.6 Å². The van der Waals surface area contributed by atoms with E-state index < -0.39 is 11.8 Å². The Labute approximate surface area is 73.6 Å². The molecule has 1 aromatic carbocycles. The van der Waals surface area contributed by atoms with Crippen molar-refractivity contribution in [3.8, 4) is 0 Å². The molecule has 64 valence electrons. The fourth-order valence-corrected chi connectivity index (χ4v) is 1.07. The van der Waals surface area contributed by atoms with Crippen LogP contribution in [0.1, 0.15) is 15.9 Å². The Hall–Kier alpha value is -1.09. The van der Waals surface area contributed by atoms with Crippen molar-refractivity contribution in [3.05, 3.63) is 34.1 Å². The van der Waals surface area contributed by atoms with Crippen molar-refractivity contribution in [2.75, 3.05) is 0 Å². The molecule has 0 bridgehead atoms. The van der Waals surface area contributed by atoms with E-state index in [0.29, 0.717) is 5.56 Å². The monoisotopic (exact) mass is 188 g/mol. The first-order valence-corrected chi connectivity index (χ1v) is 3.59. The van der Waals surface area contributed by atoms with E-state index in [4.69, 9.17) is 16.7 Å². The molecule has 2 nitrogen and oxygen atoms in total. The molecule has 0 unspecified atom stereocenters. The molecule has 0 atom stereocenters. The maximum Gasteiger partial charge on any atom is 0.336 e. The van der Waals surface area contributed by atoms with Crippen molar-refractivity contribution in [1.29, 1.82) is 0 Å². The third-order valence-corrected chi connectivity index (χ3v) is 1.93. The van der Waals surface area contributed by atoms with E-state index in [1.165, 1.54) is 6.92 Å². The largest absolute Gasteiger partial charge is 0.478 e. The average Bonchev–Trinajstić information content (AvgIpc) is 1.96. The van der Waals surface area contributed by atoms with Crippen LogP contribution in [0.3, 0.4) is 0 Å². The number of hydrogen-bond acceptors (Lipinski definition) is 1. The van der Waals surface area contributed by atoms with Crippen LogP contribution >= 0.6 is 11.6 Å². The summed E-state index contributed by atoms with van der Waals surface area (Å²) in [4.78, 5) is 10.5. The van der Waals surface area contributed by atoms with Crippen molar-refractivity contribution in [2.45, 2.75) is 6.92 Å². The molecule has 0 fully saturated rings. The Morgan fingerprint density at radius 3 is 2.67 bits per heavy atom. The maximum atomic E-state index is 12.6. The number of rotatable bonds is 1. The second-order valence-corrected chi connectivity index (χ2v) is 2.77.